The Balaban J connectivity index is 1.57. The highest BCUT2D eigenvalue weighted by Gasteiger charge is 2.33. The Morgan fingerprint density at radius 2 is 2.07 bits per heavy atom. The van der Waals surface area contributed by atoms with Crippen molar-refractivity contribution in [3.05, 3.63) is 71.2 Å². The van der Waals surface area contributed by atoms with Crippen molar-refractivity contribution in [3.8, 4) is 17.3 Å². The molecular formula is C20H14F3N5O. The van der Waals surface area contributed by atoms with Gasteiger partial charge >= 0.3 is 6.18 Å². The maximum atomic E-state index is 12.9. The summed E-state index contributed by atoms with van der Waals surface area (Å²) in [4.78, 5) is 15.9. The van der Waals surface area contributed by atoms with Gasteiger partial charge < -0.3 is 5.32 Å². The monoisotopic (exact) mass is 397 g/mol. The Kier molecular flexibility index (Phi) is 4.54. The van der Waals surface area contributed by atoms with E-state index in [0.717, 1.165) is 18.0 Å². The summed E-state index contributed by atoms with van der Waals surface area (Å²) in [5.74, 6) is -0.327. The van der Waals surface area contributed by atoms with Crippen LogP contribution in [0.3, 0.4) is 0 Å². The van der Waals surface area contributed by atoms with Crippen LogP contribution in [0.25, 0.3) is 11.3 Å². The number of rotatable bonds is 3. The number of pyridine rings is 1. The third-order valence-electron chi connectivity index (χ3n) is 4.70. The van der Waals surface area contributed by atoms with Crippen molar-refractivity contribution in [2.45, 2.75) is 25.2 Å². The summed E-state index contributed by atoms with van der Waals surface area (Å²) in [6, 6.07) is 12.1. The van der Waals surface area contributed by atoms with Crippen LogP contribution in [0.1, 0.15) is 39.8 Å². The SMILES string of the molecule is N#Cc1cccc(C(=O)NC2CCn3nc(-c4ccnc(C(F)(F)F)c4)cc32)c1. The van der Waals surface area contributed by atoms with Crippen molar-refractivity contribution < 1.29 is 18.0 Å². The summed E-state index contributed by atoms with van der Waals surface area (Å²) in [5, 5.41) is 16.2. The molecule has 1 atom stereocenters. The Labute approximate surface area is 163 Å². The molecule has 0 radical (unpaired) electrons. The molecular weight excluding hydrogens is 383 g/mol. The van der Waals surface area contributed by atoms with Gasteiger partial charge in [-0.05, 0) is 42.8 Å². The fourth-order valence-corrected chi connectivity index (χ4v) is 3.29. The molecule has 29 heavy (non-hydrogen) atoms. The molecule has 3 aromatic rings. The van der Waals surface area contributed by atoms with Crippen LogP contribution in [-0.2, 0) is 12.7 Å². The van der Waals surface area contributed by atoms with Gasteiger partial charge in [0.1, 0.15) is 5.69 Å². The smallest absolute Gasteiger partial charge is 0.344 e. The first-order valence-corrected chi connectivity index (χ1v) is 8.77. The molecule has 4 rings (SSSR count). The minimum absolute atomic E-state index is 0.307. The molecule has 1 unspecified atom stereocenters. The van der Waals surface area contributed by atoms with E-state index in [0.29, 0.717) is 35.3 Å². The van der Waals surface area contributed by atoms with Gasteiger partial charge in [-0.3, -0.25) is 14.5 Å². The van der Waals surface area contributed by atoms with Crippen molar-refractivity contribution in [1.82, 2.24) is 20.1 Å². The zero-order valence-corrected chi connectivity index (χ0v) is 14.9. The second kappa shape index (κ2) is 7.05. The molecule has 0 aliphatic carbocycles. The number of alkyl halides is 3. The quantitative estimate of drug-likeness (QED) is 0.730. The average Bonchev–Trinajstić information content (AvgIpc) is 3.29. The van der Waals surface area contributed by atoms with E-state index >= 15 is 0 Å². The number of nitriles is 1. The Hall–Kier alpha value is -3.67. The van der Waals surface area contributed by atoms with E-state index in [1.807, 2.05) is 6.07 Å². The van der Waals surface area contributed by atoms with Gasteiger partial charge in [0.25, 0.3) is 5.91 Å². The first-order chi connectivity index (χ1) is 13.8. The fourth-order valence-electron chi connectivity index (χ4n) is 3.29. The predicted molar refractivity (Wildman–Crippen MR) is 96.4 cm³/mol. The maximum absolute atomic E-state index is 12.9. The van der Waals surface area contributed by atoms with E-state index in [1.54, 1.807) is 28.9 Å². The predicted octanol–water partition coefficient (Wildman–Crippen LogP) is 3.71. The molecule has 0 spiro atoms. The van der Waals surface area contributed by atoms with Gasteiger partial charge in [-0.25, -0.2) is 0 Å². The van der Waals surface area contributed by atoms with E-state index in [4.69, 9.17) is 5.26 Å². The lowest BCUT2D eigenvalue weighted by Crippen LogP contribution is -2.27. The molecule has 2 aromatic heterocycles. The minimum atomic E-state index is -4.53. The number of halogens is 3. The van der Waals surface area contributed by atoms with Gasteiger partial charge in [0.15, 0.2) is 0 Å². The normalized spacial score (nSPS) is 15.6. The largest absolute Gasteiger partial charge is 0.433 e. The number of nitrogens with one attached hydrogen (secondary N) is 1. The lowest BCUT2D eigenvalue weighted by Gasteiger charge is -2.12. The topological polar surface area (TPSA) is 83.6 Å². The lowest BCUT2D eigenvalue weighted by atomic mass is 10.1. The van der Waals surface area contributed by atoms with E-state index in [1.165, 1.54) is 12.1 Å². The molecule has 1 aliphatic rings. The number of aromatic nitrogens is 3. The van der Waals surface area contributed by atoms with Crippen LogP contribution >= 0.6 is 0 Å². The zero-order chi connectivity index (χ0) is 20.6. The van der Waals surface area contributed by atoms with E-state index in [-0.39, 0.29) is 11.9 Å². The van der Waals surface area contributed by atoms with Gasteiger partial charge in [0.2, 0.25) is 0 Å². The Bertz CT molecular complexity index is 1130. The van der Waals surface area contributed by atoms with Gasteiger partial charge in [-0.2, -0.15) is 23.5 Å². The van der Waals surface area contributed by atoms with Crippen LogP contribution in [-0.4, -0.2) is 20.7 Å². The molecule has 3 heterocycles. The molecule has 9 heteroatoms. The summed E-state index contributed by atoms with van der Waals surface area (Å²) in [6.45, 7) is 0.537. The molecule has 0 bridgehead atoms. The lowest BCUT2D eigenvalue weighted by molar-refractivity contribution is -0.141. The number of carbonyl (C=O) groups excluding carboxylic acids is 1. The molecule has 0 saturated carbocycles. The highest BCUT2D eigenvalue weighted by atomic mass is 19.4. The van der Waals surface area contributed by atoms with Crippen molar-refractivity contribution in [3.63, 3.8) is 0 Å². The molecule has 1 amide bonds. The number of fused-ring (bicyclic) bond motifs is 1. The number of hydrogen-bond donors (Lipinski definition) is 1. The van der Waals surface area contributed by atoms with E-state index in [2.05, 4.69) is 15.4 Å². The van der Waals surface area contributed by atoms with Crippen molar-refractivity contribution in [1.29, 1.82) is 5.26 Å². The van der Waals surface area contributed by atoms with E-state index < -0.39 is 11.9 Å². The molecule has 1 N–H and O–H groups in total. The Morgan fingerprint density at radius 1 is 1.24 bits per heavy atom. The molecule has 6 nitrogen and oxygen atoms in total. The Morgan fingerprint density at radius 3 is 2.83 bits per heavy atom. The van der Waals surface area contributed by atoms with Crippen LogP contribution in [0.15, 0.2) is 48.7 Å². The van der Waals surface area contributed by atoms with Crippen molar-refractivity contribution >= 4 is 5.91 Å². The molecule has 1 aliphatic heterocycles. The second-order valence-corrected chi connectivity index (χ2v) is 6.61. The zero-order valence-electron chi connectivity index (χ0n) is 14.9. The summed E-state index contributed by atoms with van der Waals surface area (Å²) in [7, 11) is 0. The summed E-state index contributed by atoms with van der Waals surface area (Å²) in [5.41, 5.74) is 1.18. The molecule has 0 fully saturated rings. The van der Waals surface area contributed by atoms with Crippen LogP contribution < -0.4 is 5.32 Å². The van der Waals surface area contributed by atoms with E-state index in [9.17, 15) is 18.0 Å². The number of carbonyl (C=O) groups is 1. The van der Waals surface area contributed by atoms with Gasteiger partial charge in [-0.15, -0.1) is 0 Å². The summed E-state index contributed by atoms with van der Waals surface area (Å²) < 4.78 is 40.4. The van der Waals surface area contributed by atoms with Crippen molar-refractivity contribution in [2.75, 3.05) is 0 Å². The first kappa shape index (κ1) is 18.7. The molecule has 0 saturated heterocycles. The summed E-state index contributed by atoms with van der Waals surface area (Å²) in [6.07, 6.45) is -2.81. The molecule has 1 aromatic carbocycles. The van der Waals surface area contributed by atoms with Crippen LogP contribution in [0, 0.1) is 11.3 Å². The van der Waals surface area contributed by atoms with Gasteiger partial charge in [0.05, 0.1) is 29.1 Å². The first-order valence-electron chi connectivity index (χ1n) is 8.77. The fraction of sp³-hybridized carbons (Fsp3) is 0.200. The van der Waals surface area contributed by atoms with Crippen LogP contribution in [0.4, 0.5) is 13.2 Å². The molecule has 146 valence electrons. The summed E-state index contributed by atoms with van der Waals surface area (Å²) >= 11 is 0. The second-order valence-electron chi connectivity index (χ2n) is 6.61. The number of hydrogen-bond acceptors (Lipinski definition) is 4. The van der Waals surface area contributed by atoms with Gasteiger partial charge in [-0.1, -0.05) is 6.07 Å². The maximum Gasteiger partial charge on any atom is 0.433 e. The van der Waals surface area contributed by atoms with Crippen LogP contribution in [0.5, 0.6) is 0 Å². The highest BCUT2D eigenvalue weighted by molar-refractivity contribution is 5.94. The highest BCUT2D eigenvalue weighted by Crippen LogP contribution is 2.33. The minimum Gasteiger partial charge on any atom is -0.344 e. The third-order valence-corrected chi connectivity index (χ3v) is 4.70. The third kappa shape index (κ3) is 3.69. The van der Waals surface area contributed by atoms with Crippen molar-refractivity contribution in [2.24, 2.45) is 0 Å². The number of aryl methyl sites for hydroxylation is 1. The number of nitrogens with zero attached hydrogens (tertiary/aromatic N) is 4. The average molecular weight is 397 g/mol. The van der Waals surface area contributed by atoms with Crippen LogP contribution in [0.2, 0.25) is 0 Å². The standard InChI is InChI=1S/C20H14F3N5O/c21-20(22,23)18-9-13(4-6-25-18)16-10-17-15(5-7-28(17)27-16)26-19(29)14-3-1-2-12(8-14)11-24/h1-4,6,8-10,15H,5,7H2,(H,26,29). The number of amides is 1. The number of benzene rings is 1. The van der Waals surface area contributed by atoms with Gasteiger partial charge in [0, 0.05) is 23.9 Å².